The molecule has 1 aromatic carbocycles. The van der Waals surface area contributed by atoms with E-state index < -0.39 is 16.1 Å². The van der Waals surface area contributed by atoms with Crippen molar-refractivity contribution in [2.75, 3.05) is 13.2 Å². The molecule has 6 heteroatoms. The van der Waals surface area contributed by atoms with Gasteiger partial charge in [-0.15, -0.1) is 0 Å². The summed E-state index contributed by atoms with van der Waals surface area (Å²) in [6.45, 7) is 6.52. The van der Waals surface area contributed by atoms with E-state index in [1.165, 1.54) is 12.1 Å². The van der Waals surface area contributed by atoms with Crippen LogP contribution in [0.4, 0.5) is 0 Å². The van der Waals surface area contributed by atoms with Crippen molar-refractivity contribution in [3.8, 4) is 5.75 Å². The molecule has 0 radical (unpaired) electrons. The molecule has 0 aliphatic heterocycles. The van der Waals surface area contributed by atoms with E-state index in [-0.39, 0.29) is 11.4 Å². The zero-order valence-corrected chi connectivity index (χ0v) is 13.0. The van der Waals surface area contributed by atoms with Gasteiger partial charge in [0.25, 0.3) is 0 Å². The van der Waals surface area contributed by atoms with Gasteiger partial charge >= 0.3 is 0 Å². The third-order valence-electron chi connectivity index (χ3n) is 2.57. The fourth-order valence-electron chi connectivity index (χ4n) is 1.46. The van der Waals surface area contributed by atoms with E-state index in [1.54, 1.807) is 19.1 Å². The molecule has 0 heterocycles. The van der Waals surface area contributed by atoms with Gasteiger partial charge < -0.3 is 9.84 Å². The fourth-order valence-corrected chi connectivity index (χ4v) is 2.51. The summed E-state index contributed by atoms with van der Waals surface area (Å²) in [5.74, 6) is 1.07. The maximum Gasteiger partial charge on any atom is 0.240 e. The third-order valence-corrected chi connectivity index (χ3v) is 4.05. The Bertz CT molecular complexity index is 494. The Labute approximate surface area is 121 Å². The van der Waals surface area contributed by atoms with Gasteiger partial charge in [0.05, 0.1) is 17.6 Å². The monoisotopic (exact) mass is 301 g/mol. The van der Waals surface area contributed by atoms with Gasteiger partial charge in [-0.1, -0.05) is 13.8 Å². The number of benzene rings is 1. The first-order chi connectivity index (χ1) is 9.31. The van der Waals surface area contributed by atoms with Gasteiger partial charge in [0, 0.05) is 6.54 Å². The van der Waals surface area contributed by atoms with Crippen LogP contribution in [-0.4, -0.2) is 32.8 Å². The summed E-state index contributed by atoms with van der Waals surface area (Å²) < 4.78 is 31.9. The SMILES string of the molecule is CC(C)COc1ccc(S(=O)(=O)NCCC(C)O)cc1. The Morgan fingerprint density at radius 2 is 1.80 bits per heavy atom. The lowest BCUT2D eigenvalue weighted by Crippen LogP contribution is -2.26. The highest BCUT2D eigenvalue weighted by Crippen LogP contribution is 2.16. The third kappa shape index (κ3) is 5.90. The number of rotatable bonds is 8. The van der Waals surface area contributed by atoms with Gasteiger partial charge in [-0.25, -0.2) is 13.1 Å². The van der Waals surface area contributed by atoms with Crippen LogP contribution in [0.25, 0.3) is 0 Å². The Morgan fingerprint density at radius 1 is 1.20 bits per heavy atom. The van der Waals surface area contributed by atoms with Crippen molar-refractivity contribution in [1.82, 2.24) is 4.72 Å². The maximum absolute atomic E-state index is 12.0. The number of aliphatic hydroxyl groups excluding tert-OH is 1. The number of hydrogen-bond acceptors (Lipinski definition) is 4. The topological polar surface area (TPSA) is 75.6 Å². The van der Waals surface area contributed by atoms with Gasteiger partial charge in [-0.2, -0.15) is 0 Å². The minimum Gasteiger partial charge on any atom is -0.493 e. The minimum atomic E-state index is -3.52. The van der Waals surface area contributed by atoms with Crippen LogP contribution in [0.15, 0.2) is 29.2 Å². The fraction of sp³-hybridized carbons (Fsp3) is 0.571. The summed E-state index contributed by atoms with van der Waals surface area (Å²) in [7, 11) is -3.52. The van der Waals surface area contributed by atoms with Crippen LogP contribution >= 0.6 is 0 Å². The molecule has 0 saturated carbocycles. The smallest absolute Gasteiger partial charge is 0.240 e. The minimum absolute atomic E-state index is 0.194. The molecule has 1 aromatic rings. The van der Waals surface area contributed by atoms with Crippen LogP contribution in [-0.2, 0) is 10.0 Å². The summed E-state index contributed by atoms with van der Waals surface area (Å²) >= 11 is 0. The Morgan fingerprint density at radius 3 is 2.30 bits per heavy atom. The molecular formula is C14H23NO4S. The standard InChI is InChI=1S/C14H23NO4S/c1-11(2)10-19-13-4-6-14(7-5-13)20(17,18)15-9-8-12(3)16/h4-7,11-12,15-16H,8-10H2,1-3H3. The summed E-state index contributed by atoms with van der Waals surface area (Å²) in [4.78, 5) is 0.194. The van der Waals surface area contributed by atoms with Crippen LogP contribution in [0, 0.1) is 5.92 Å². The number of aliphatic hydroxyl groups is 1. The van der Waals surface area contributed by atoms with Crippen molar-refractivity contribution in [1.29, 1.82) is 0 Å². The van der Waals surface area contributed by atoms with Gasteiger partial charge in [0.2, 0.25) is 10.0 Å². The molecule has 0 aliphatic carbocycles. The summed E-state index contributed by atoms with van der Waals surface area (Å²) in [5, 5.41) is 9.11. The zero-order valence-electron chi connectivity index (χ0n) is 12.2. The van der Waals surface area contributed by atoms with Crippen LogP contribution in [0.1, 0.15) is 27.2 Å². The van der Waals surface area contributed by atoms with Gasteiger partial charge in [0.1, 0.15) is 5.75 Å². The predicted octanol–water partition coefficient (Wildman–Crippen LogP) is 1.77. The van der Waals surface area contributed by atoms with E-state index in [4.69, 9.17) is 9.84 Å². The molecular weight excluding hydrogens is 278 g/mol. The van der Waals surface area contributed by atoms with Crippen molar-refractivity contribution in [2.45, 2.75) is 38.2 Å². The van der Waals surface area contributed by atoms with Crippen molar-refractivity contribution in [3.05, 3.63) is 24.3 Å². The molecule has 0 amide bonds. The molecule has 0 fully saturated rings. The number of hydrogen-bond donors (Lipinski definition) is 2. The lowest BCUT2D eigenvalue weighted by atomic mass is 10.2. The number of nitrogens with one attached hydrogen (secondary N) is 1. The second-order valence-corrected chi connectivity index (χ2v) is 6.98. The highest BCUT2D eigenvalue weighted by molar-refractivity contribution is 7.89. The molecule has 1 atom stereocenters. The molecule has 20 heavy (non-hydrogen) atoms. The Hall–Kier alpha value is -1.11. The van der Waals surface area contributed by atoms with Crippen LogP contribution < -0.4 is 9.46 Å². The molecule has 1 rings (SSSR count). The molecule has 0 spiro atoms. The highest BCUT2D eigenvalue weighted by Gasteiger charge is 2.13. The van der Waals surface area contributed by atoms with E-state index >= 15 is 0 Å². The van der Waals surface area contributed by atoms with Crippen molar-refractivity contribution in [3.63, 3.8) is 0 Å². The second kappa shape index (κ2) is 7.61. The Balaban J connectivity index is 2.62. The molecule has 0 aliphatic rings. The Kier molecular flexibility index (Phi) is 6.45. The van der Waals surface area contributed by atoms with Crippen LogP contribution in [0.2, 0.25) is 0 Å². The zero-order chi connectivity index (χ0) is 15.2. The average Bonchev–Trinajstić information content (AvgIpc) is 2.36. The predicted molar refractivity (Wildman–Crippen MR) is 78.3 cm³/mol. The number of ether oxygens (including phenoxy) is 1. The first kappa shape index (κ1) is 16.9. The summed E-state index contributed by atoms with van der Waals surface area (Å²) in [6, 6.07) is 6.32. The lowest BCUT2D eigenvalue weighted by Gasteiger charge is -2.10. The average molecular weight is 301 g/mol. The summed E-state index contributed by atoms with van der Waals surface area (Å²) in [5.41, 5.74) is 0. The molecule has 2 N–H and O–H groups in total. The molecule has 114 valence electrons. The van der Waals surface area contributed by atoms with E-state index in [2.05, 4.69) is 4.72 Å². The lowest BCUT2D eigenvalue weighted by molar-refractivity contribution is 0.186. The van der Waals surface area contributed by atoms with Gasteiger partial charge in [-0.05, 0) is 43.5 Å². The molecule has 5 nitrogen and oxygen atoms in total. The normalized spacial score (nSPS) is 13.4. The largest absolute Gasteiger partial charge is 0.493 e. The first-order valence-electron chi connectivity index (χ1n) is 6.72. The van der Waals surface area contributed by atoms with Crippen molar-refractivity contribution in [2.24, 2.45) is 5.92 Å². The molecule has 1 unspecified atom stereocenters. The number of sulfonamides is 1. The first-order valence-corrected chi connectivity index (χ1v) is 8.20. The second-order valence-electron chi connectivity index (χ2n) is 5.21. The van der Waals surface area contributed by atoms with Crippen molar-refractivity contribution >= 4 is 10.0 Å². The molecule has 0 bridgehead atoms. The van der Waals surface area contributed by atoms with Crippen LogP contribution in [0.5, 0.6) is 5.75 Å². The van der Waals surface area contributed by atoms with Gasteiger partial charge in [0.15, 0.2) is 0 Å². The van der Waals surface area contributed by atoms with E-state index in [0.29, 0.717) is 24.7 Å². The van der Waals surface area contributed by atoms with E-state index in [9.17, 15) is 8.42 Å². The van der Waals surface area contributed by atoms with Gasteiger partial charge in [-0.3, -0.25) is 0 Å². The summed E-state index contributed by atoms with van der Waals surface area (Å²) in [6.07, 6.45) is -0.140. The van der Waals surface area contributed by atoms with E-state index in [0.717, 1.165) is 0 Å². The molecule has 0 aromatic heterocycles. The van der Waals surface area contributed by atoms with Crippen LogP contribution in [0.3, 0.4) is 0 Å². The molecule has 0 saturated heterocycles. The highest BCUT2D eigenvalue weighted by atomic mass is 32.2. The quantitative estimate of drug-likeness (QED) is 0.767. The maximum atomic E-state index is 12.0. The van der Waals surface area contributed by atoms with E-state index in [1.807, 2.05) is 13.8 Å². The van der Waals surface area contributed by atoms with Crippen molar-refractivity contribution < 1.29 is 18.3 Å².